The second-order valence-electron chi connectivity index (χ2n) is 6.97. The Morgan fingerprint density at radius 3 is 2.50 bits per heavy atom. The Kier molecular flexibility index (Phi) is 3.56. The van der Waals surface area contributed by atoms with Gasteiger partial charge in [-0.15, -0.1) is 0 Å². The average Bonchev–Trinajstić information content (AvgIpc) is 3.01. The predicted molar refractivity (Wildman–Crippen MR) is 101 cm³/mol. The molecule has 3 aliphatic heterocycles. The third kappa shape index (κ3) is 2.23. The Morgan fingerprint density at radius 1 is 1.19 bits per heavy atom. The van der Waals surface area contributed by atoms with Gasteiger partial charge < -0.3 is 4.74 Å². The van der Waals surface area contributed by atoms with E-state index in [9.17, 15) is 14.4 Å². The Balaban J connectivity index is 2.05. The molecule has 0 spiro atoms. The van der Waals surface area contributed by atoms with Crippen molar-refractivity contribution in [3.05, 3.63) is 34.2 Å². The fraction of sp³-hybridized carbons (Fsp3) is 0.316. The SMILES string of the molecule is CCOc1cc2c3c(c1)/C(=C1\SC(=O)NC1=O)C(=O)N3C(C)(C)C=C2C. The van der Waals surface area contributed by atoms with Gasteiger partial charge in [-0.2, -0.15) is 0 Å². The molecule has 0 saturated carbocycles. The number of hydrogen-bond donors (Lipinski definition) is 1. The molecule has 0 radical (unpaired) electrons. The summed E-state index contributed by atoms with van der Waals surface area (Å²) in [6.07, 6.45) is 2.04. The van der Waals surface area contributed by atoms with Gasteiger partial charge in [-0.1, -0.05) is 6.08 Å². The minimum Gasteiger partial charge on any atom is -0.494 e. The van der Waals surface area contributed by atoms with Crippen LogP contribution in [0.2, 0.25) is 0 Å². The predicted octanol–water partition coefficient (Wildman–Crippen LogP) is 3.32. The van der Waals surface area contributed by atoms with E-state index >= 15 is 0 Å². The highest BCUT2D eigenvalue weighted by molar-refractivity contribution is 8.18. The zero-order valence-corrected chi connectivity index (χ0v) is 15.7. The summed E-state index contributed by atoms with van der Waals surface area (Å²) >= 11 is 0.772. The molecule has 4 rings (SSSR count). The molecule has 26 heavy (non-hydrogen) atoms. The Labute approximate surface area is 155 Å². The summed E-state index contributed by atoms with van der Waals surface area (Å²) in [6, 6.07) is 3.71. The van der Waals surface area contributed by atoms with Gasteiger partial charge in [0.05, 0.1) is 28.3 Å². The maximum Gasteiger partial charge on any atom is 0.290 e. The van der Waals surface area contributed by atoms with Gasteiger partial charge in [-0.3, -0.25) is 24.6 Å². The van der Waals surface area contributed by atoms with Crippen LogP contribution in [0, 0.1) is 0 Å². The second kappa shape index (κ2) is 5.48. The van der Waals surface area contributed by atoms with Crippen LogP contribution in [-0.4, -0.2) is 29.2 Å². The first-order chi connectivity index (χ1) is 12.2. The lowest BCUT2D eigenvalue weighted by Gasteiger charge is -2.38. The van der Waals surface area contributed by atoms with E-state index in [1.54, 1.807) is 11.0 Å². The van der Waals surface area contributed by atoms with Crippen LogP contribution < -0.4 is 15.0 Å². The first kappa shape index (κ1) is 16.9. The number of anilines is 1. The number of thioether (sulfide) groups is 1. The Morgan fingerprint density at radius 2 is 1.88 bits per heavy atom. The van der Waals surface area contributed by atoms with Gasteiger partial charge in [0.2, 0.25) is 0 Å². The smallest absolute Gasteiger partial charge is 0.290 e. The van der Waals surface area contributed by atoms with E-state index in [0.717, 1.165) is 28.6 Å². The van der Waals surface area contributed by atoms with Crippen molar-refractivity contribution in [2.75, 3.05) is 11.5 Å². The van der Waals surface area contributed by atoms with E-state index in [-0.39, 0.29) is 16.4 Å². The minimum absolute atomic E-state index is 0.152. The molecule has 3 heterocycles. The molecule has 134 valence electrons. The Bertz CT molecular complexity index is 959. The van der Waals surface area contributed by atoms with Crippen molar-refractivity contribution in [1.29, 1.82) is 0 Å². The molecule has 1 aromatic carbocycles. The summed E-state index contributed by atoms with van der Waals surface area (Å²) in [5.41, 5.74) is 3.10. The number of nitrogens with one attached hydrogen (secondary N) is 1. The third-order valence-corrected chi connectivity index (χ3v) is 5.60. The van der Waals surface area contributed by atoms with E-state index < -0.39 is 16.7 Å². The molecule has 1 N–H and O–H groups in total. The standard InChI is InChI=1S/C19H18N2O4S/c1-5-25-10-6-11-9(2)8-19(3,4)21-14(11)12(7-10)13(17(21)23)15-16(22)20-18(24)26-15/h6-8H,5H2,1-4H3,(H,20,22,24)/b15-13+. The molecule has 3 amide bonds. The number of rotatable bonds is 2. The van der Waals surface area contributed by atoms with Gasteiger partial charge >= 0.3 is 0 Å². The van der Waals surface area contributed by atoms with Crippen molar-refractivity contribution < 1.29 is 19.1 Å². The van der Waals surface area contributed by atoms with Gasteiger partial charge in [-0.05, 0) is 57.2 Å². The van der Waals surface area contributed by atoms with Gasteiger partial charge in [0, 0.05) is 11.1 Å². The molecule has 7 heteroatoms. The lowest BCUT2D eigenvalue weighted by molar-refractivity contribution is -0.116. The summed E-state index contributed by atoms with van der Waals surface area (Å²) in [4.78, 5) is 39.1. The van der Waals surface area contributed by atoms with Gasteiger partial charge in [-0.25, -0.2) is 0 Å². The number of amides is 3. The number of carbonyl (C=O) groups excluding carboxylic acids is 3. The molecule has 0 aliphatic carbocycles. The molecular formula is C19H18N2O4S. The van der Waals surface area contributed by atoms with E-state index in [1.807, 2.05) is 39.8 Å². The number of hydrogen-bond acceptors (Lipinski definition) is 5. The maximum absolute atomic E-state index is 13.3. The summed E-state index contributed by atoms with van der Waals surface area (Å²) < 4.78 is 5.67. The molecule has 0 aromatic heterocycles. The normalized spacial score (nSPS) is 23.2. The fourth-order valence-corrected chi connectivity index (χ4v) is 4.61. The third-order valence-electron chi connectivity index (χ3n) is 4.72. The topological polar surface area (TPSA) is 75.7 Å². The van der Waals surface area contributed by atoms with Crippen LogP contribution in [0.5, 0.6) is 5.75 Å². The van der Waals surface area contributed by atoms with Gasteiger partial charge in [0.15, 0.2) is 0 Å². The highest BCUT2D eigenvalue weighted by Gasteiger charge is 2.47. The number of ether oxygens (including phenoxy) is 1. The molecule has 3 aliphatic rings. The summed E-state index contributed by atoms with van der Waals surface area (Å²) in [6.45, 7) is 8.29. The molecule has 6 nitrogen and oxygen atoms in total. The summed E-state index contributed by atoms with van der Waals surface area (Å²) in [5, 5.41) is 1.78. The highest BCUT2D eigenvalue weighted by atomic mass is 32.2. The van der Waals surface area contributed by atoms with Crippen LogP contribution in [0.15, 0.2) is 23.1 Å². The molecule has 1 aromatic rings. The van der Waals surface area contributed by atoms with Crippen LogP contribution in [0.25, 0.3) is 11.1 Å². The zero-order valence-electron chi connectivity index (χ0n) is 14.9. The molecular weight excluding hydrogens is 352 g/mol. The first-order valence-electron chi connectivity index (χ1n) is 8.37. The fourth-order valence-electron chi connectivity index (χ4n) is 3.84. The van der Waals surface area contributed by atoms with Crippen molar-refractivity contribution in [3.63, 3.8) is 0 Å². The van der Waals surface area contributed by atoms with Crippen molar-refractivity contribution in [2.45, 2.75) is 33.2 Å². The van der Waals surface area contributed by atoms with Crippen molar-refractivity contribution in [2.24, 2.45) is 0 Å². The highest BCUT2D eigenvalue weighted by Crippen LogP contribution is 2.52. The van der Waals surface area contributed by atoms with Crippen molar-refractivity contribution in [3.8, 4) is 5.75 Å². The lowest BCUT2D eigenvalue weighted by Crippen LogP contribution is -2.46. The summed E-state index contributed by atoms with van der Waals surface area (Å²) in [7, 11) is 0. The number of nitrogens with zero attached hydrogens (tertiary/aromatic N) is 1. The van der Waals surface area contributed by atoms with Crippen LogP contribution >= 0.6 is 11.8 Å². The number of benzene rings is 1. The second-order valence-corrected chi connectivity index (χ2v) is 7.95. The lowest BCUT2D eigenvalue weighted by atomic mass is 9.89. The van der Waals surface area contributed by atoms with Gasteiger partial charge in [0.1, 0.15) is 5.75 Å². The largest absolute Gasteiger partial charge is 0.494 e. The van der Waals surface area contributed by atoms with Crippen LogP contribution in [0.1, 0.15) is 38.8 Å². The number of carbonyl (C=O) groups is 3. The Hall–Kier alpha value is -2.54. The van der Waals surface area contributed by atoms with Crippen LogP contribution in [-0.2, 0) is 9.59 Å². The molecule has 0 bridgehead atoms. The number of allylic oxidation sites excluding steroid dienone is 1. The molecule has 1 fully saturated rings. The first-order valence-corrected chi connectivity index (χ1v) is 9.19. The maximum atomic E-state index is 13.3. The molecule has 0 unspecified atom stereocenters. The van der Waals surface area contributed by atoms with Crippen molar-refractivity contribution in [1.82, 2.24) is 5.32 Å². The van der Waals surface area contributed by atoms with E-state index in [1.165, 1.54) is 0 Å². The van der Waals surface area contributed by atoms with E-state index in [2.05, 4.69) is 5.32 Å². The summed E-state index contributed by atoms with van der Waals surface area (Å²) in [5.74, 6) is -0.159. The van der Waals surface area contributed by atoms with E-state index in [0.29, 0.717) is 17.9 Å². The van der Waals surface area contributed by atoms with E-state index in [4.69, 9.17) is 4.74 Å². The number of imide groups is 1. The van der Waals surface area contributed by atoms with Crippen LogP contribution in [0.3, 0.4) is 0 Å². The molecule has 1 saturated heterocycles. The van der Waals surface area contributed by atoms with Crippen LogP contribution in [0.4, 0.5) is 10.5 Å². The van der Waals surface area contributed by atoms with Crippen molar-refractivity contribution >= 4 is 45.6 Å². The quantitative estimate of drug-likeness (QED) is 0.808. The molecule has 0 atom stereocenters. The minimum atomic E-state index is -0.540. The monoisotopic (exact) mass is 370 g/mol. The zero-order chi connectivity index (χ0) is 18.8. The average molecular weight is 370 g/mol. The van der Waals surface area contributed by atoms with Gasteiger partial charge in [0.25, 0.3) is 17.1 Å².